The third-order valence-corrected chi connectivity index (χ3v) is 4.28. The molecule has 2 aromatic rings. The first kappa shape index (κ1) is 39.8. The van der Waals surface area contributed by atoms with Crippen LogP contribution in [0.1, 0.15) is 59.4 Å². The van der Waals surface area contributed by atoms with Gasteiger partial charge in [-0.25, -0.2) is 6.07 Å². The molecule has 0 bridgehead atoms. The molecule has 1 aromatic heterocycles. The number of aryl methyl sites for hydroxylation is 1. The topological polar surface area (TPSA) is 60.7 Å². The minimum absolute atomic E-state index is 0. The third kappa shape index (κ3) is 21.9. The van der Waals surface area contributed by atoms with E-state index in [2.05, 4.69) is 18.4 Å². The smallest absolute Gasteiger partial charge is 0.512 e. The maximum atomic E-state index is 6.25. The Morgan fingerprint density at radius 2 is 1.45 bits per heavy atom. The monoisotopic (exact) mass is 509 g/mol. The summed E-state index contributed by atoms with van der Waals surface area (Å²) in [5, 5.41) is 11.1. The van der Waals surface area contributed by atoms with Crippen molar-refractivity contribution in [3.05, 3.63) is 53.2 Å². The van der Waals surface area contributed by atoms with Gasteiger partial charge in [0.1, 0.15) is 0 Å². The van der Waals surface area contributed by atoms with Crippen LogP contribution in [0.2, 0.25) is 0 Å². The molecule has 0 fully saturated rings. The Hall–Kier alpha value is -0.356. The number of benzene rings is 1. The zero-order valence-corrected chi connectivity index (χ0v) is 22.8. The first-order chi connectivity index (χ1) is 14.6. The number of rotatable bonds is 12. The van der Waals surface area contributed by atoms with E-state index < -0.39 is 0 Å². The molecule has 0 aliphatic carbocycles. The molecule has 0 saturated carbocycles. The van der Waals surface area contributed by atoms with E-state index in [4.69, 9.17) is 30.8 Å². The molecule has 2 unspecified atom stereocenters. The van der Waals surface area contributed by atoms with Gasteiger partial charge in [0.05, 0.1) is 0 Å². The van der Waals surface area contributed by atoms with E-state index >= 15 is 0 Å². The van der Waals surface area contributed by atoms with Gasteiger partial charge in [0.15, 0.2) is 12.6 Å². The van der Waals surface area contributed by atoms with Gasteiger partial charge in [-0.3, -0.25) is 0 Å². The number of ether oxygens (including phenoxy) is 4. The Kier molecular flexibility index (Phi) is 33.7. The van der Waals surface area contributed by atoms with E-state index in [1.807, 2.05) is 57.3 Å². The fraction of sp³-hybridized carbons (Fsp3) is 0.542. The average Bonchev–Trinajstić information content (AvgIpc) is 3.30. The predicted molar refractivity (Wildman–Crippen MR) is 120 cm³/mol. The Balaban J connectivity index is -0.000000364. The maximum absolute atomic E-state index is 6.25. The SMILES string of the molecule is CCCCCc1cc(OC(C)OCC)[c-]c(OC(C)OCC)c1.[C-]#N.[Cu+].[Li+].[Li+].[c-]1cccs1. The molecule has 2 rings (SSSR count). The van der Waals surface area contributed by atoms with Crippen LogP contribution in [0.25, 0.3) is 0 Å². The largest absolute Gasteiger partial charge is 1.00 e. The number of nitrogens with zero attached hydrogens (tertiary/aromatic N) is 1. The van der Waals surface area contributed by atoms with Gasteiger partial charge >= 0.3 is 54.8 Å². The fourth-order valence-electron chi connectivity index (χ4n) is 2.51. The fourth-order valence-corrected chi connectivity index (χ4v) is 2.91. The van der Waals surface area contributed by atoms with Crippen LogP contribution in [0.15, 0.2) is 29.6 Å². The normalized spacial score (nSPS) is 10.8. The summed E-state index contributed by atoms with van der Waals surface area (Å²) in [4.78, 5) is 0. The summed E-state index contributed by atoms with van der Waals surface area (Å²) in [6.45, 7) is 15.8. The van der Waals surface area contributed by atoms with Gasteiger partial charge in [0.2, 0.25) is 0 Å². The van der Waals surface area contributed by atoms with Crippen LogP contribution < -0.4 is 47.2 Å². The zero-order chi connectivity index (χ0) is 22.6. The molecule has 0 N–H and O–H groups in total. The van der Waals surface area contributed by atoms with Crippen molar-refractivity contribution in [2.24, 2.45) is 0 Å². The van der Waals surface area contributed by atoms with Crippen molar-refractivity contribution in [1.82, 2.24) is 0 Å². The summed E-state index contributed by atoms with van der Waals surface area (Å²) in [7, 11) is 0. The second-order valence-corrected chi connectivity index (χ2v) is 6.93. The molecule has 0 aliphatic heterocycles. The molecule has 1 heterocycles. The molecule has 9 heteroatoms. The van der Waals surface area contributed by atoms with Crippen LogP contribution in [0.4, 0.5) is 0 Å². The van der Waals surface area contributed by atoms with E-state index in [1.54, 1.807) is 11.3 Å². The first-order valence-corrected chi connectivity index (χ1v) is 11.2. The van der Waals surface area contributed by atoms with Crippen molar-refractivity contribution in [3.63, 3.8) is 0 Å². The van der Waals surface area contributed by atoms with Crippen LogP contribution in [0.5, 0.6) is 11.5 Å². The molecule has 0 saturated heterocycles. The number of hydrogen-bond donors (Lipinski definition) is 0. The van der Waals surface area contributed by atoms with Gasteiger partial charge in [-0.2, -0.15) is 17.0 Å². The number of unbranched alkanes of at least 4 members (excludes halogenated alkanes) is 2. The van der Waals surface area contributed by atoms with Gasteiger partial charge < -0.3 is 42.1 Å². The van der Waals surface area contributed by atoms with Crippen LogP contribution >= 0.6 is 11.3 Å². The summed E-state index contributed by atoms with van der Waals surface area (Å²) < 4.78 is 22.4. The summed E-state index contributed by atoms with van der Waals surface area (Å²) in [6.07, 6.45) is 3.96. The Labute approximate surface area is 239 Å². The minimum Gasteiger partial charge on any atom is -0.512 e. The van der Waals surface area contributed by atoms with Crippen molar-refractivity contribution < 1.29 is 73.7 Å². The van der Waals surface area contributed by atoms with E-state index in [-0.39, 0.29) is 67.4 Å². The molecule has 5 nitrogen and oxygen atoms in total. The van der Waals surface area contributed by atoms with Crippen molar-refractivity contribution in [1.29, 1.82) is 5.26 Å². The van der Waals surface area contributed by atoms with Gasteiger partial charge in [0.25, 0.3) is 0 Å². The Morgan fingerprint density at radius 3 is 1.79 bits per heavy atom. The molecule has 33 heavy (non-hydrogen) atoms. The summed E-state index contributed by atoms with van der Waals surface area (Å²) in [6, 6.07) is 11.0. The molecule has 1 aromatic carbocycles. The van der Waals surface area contributed by atoms with E-state index in [0.717, 1.165) is 12.8 Å². The van der Waals surface area contributed by atoms with E-state index in [0.29, 0.717) is 24.7 Å². The predicted octanol–water partition coefficient (Wildman–Crippen LogP) is 0.392. The Bertz CT molecular complexity index is 614. The van der Waals surface area contributed by atoms with Gasteiger partial charge in [0, 0.05) is 24.7 Å². The first-order valence-electron chi connectivity index (χ1n) is 10.3. The molecule has 2 atom stereocenters. The minimum atomic E-state index is -0.306. The van der Waals surface area contributed by atoms with Crippen molar-refractivity contribution >= 4 is 11.3 Å². The molecule has 178 valence electrons. The van der Waals surface area contributed by atoms with Crippen LogP contribution in [-0.2, 0) is 33.0 Å². The standard InChI is InChI=1S/C19H31O4.C4H3S.CN.Cu.2Li/c1-6-9-10-11-17-12-18(22-15(4)20-7-2)14-19(13-17)23-16(5)21-8-3;1-2-4-5-3-1;1-2;;;/h12-13,15-16H,6-11H2,1-5H3;1-3H;;;;/q3*-1;3*+1. The molecular weight excluding hydrogens is 476 g/mol. The van der Waals surface area contributed by atoms with Crippen LogP contribution in [0.3, 0.4) is 0 Å². The molecular formula is C24H34CuLi2NO4S. The van der Waals surface area contributed by atoms with Crippen molar-refractivity contribution in [2.45, 2.75) is 72.9 Å². The van der Waals surface area contributed by atoms with Crippen molar-refractivity contribution in [3.8, 4) is 11.5 Å². The van der Waals surface area contributed by atoms with Crippen molar-refractivity contribution in [2.75, 3.05) is 13.2 Å². The van der Waals surface area contributed by atoms with Crippen LogP contribution in [-0.4, -0.2) is 25.8 Å². The molecule has 0 radical (unpaired) electrons. The van der Waals surface area contributed by atoms with Gasteiger partial charge in [-0.15, -0.1) is 17.5 Å². The summed E-state index contributed by atoms with van der Waals surface area (Å²) >= 11 is 1.59. The average molecular weight is 510 g/mol. The zero-order valence-electron chi connectivity index (χ0n) is 21.1. The quantitative estimate of drug-likeness (QED) is 0.179. The molecule has 0 spiro atoms. The second kappa shape index (κ2) is 27.9. The van der Waals surface area contributed by atoms with Crippen LogP contribution in [0, 0.1) is 23.3 Å². The van der Waals surface area contributed by atoms with E-state index in [1.165, 1.54) is 18.4 Å². The number of hydrogen-bond acceptors (Lipinski definition) is 6. The summed E-state index contributed by atoms with van der Waals surface area (Å²) in [5.41, 5.74) is 1.19. The maximum Gasteiger partial charge on any atom is 1.00 e. The van der Waals surface area contributed by atoms with E-state index in [9.17, 15) is 0 Å². The third-order valence-electron chi connectivity index (χ3n) is 3.72. The summed E-state index contributed by atoms with van der Waals surface area (Å²) in [5.74, 6) is 1.30. The Morgan fingerprint density at radius 1 is 0.939 bits per heavy atom. The van der Waals surface area contributed by atoms with Gasteiger partial charge in [-0.1, -0.05) is 38.7 Å². The molecule has 0 amide bonds. The molecule has 0 aliphatic rings. The second-order valence-electron chi connectivity index (χ2n) is 6.19. The number of thiophene rings is 1. The van der Waals surface area contributed by atoms with Gasteiger partial charge in [-0.05, 0) is 27.7 Å².